The number of rotatable bonds is 4. The van der Waals surface area contributed by atoms with E-state index in [0.29, 0.717) is 12.1 Å². The van der Waals surface area contributed by atoms with Crippen LogP contribution >= 0.6 is 12.4 Å². The first-order valence-corrected chi connectivity index (χ1v) is 11.1. The number of Topliss-reactive ketones (excluding diaryl/α,β-unsaturated/α-hetero) is 2. The number of nitrogens with two attached hydrogens (primary N) is 1. The quantitative estimate of drug-likeness (QED) is 0.374. The predicted octanol–water partition coefficient (Wildman–Crippen LogP) is 0.998. The molecule has 3 aliphatic carbocycles. The molecule has 0 heterocycles. The van der Waals surface area contributed by atoms with Gasteiger partial charge in [-0.3, -0.25) is 19.3 Å². The fourth-order valence-electron chi connectivity index (χ4n) is 5.76. The molecule has 0 aromatic heterocycles. The second-order valence-corrected chi connectivity index (χ2v) is 9.43. The van der Waals surface area contributed by atoms with E-state index in [1.807, 2.05) is 18.9 Å². The summed E-state index contributed by atoms with van der Waals surface area (Å²) >= 11 is 0. The van der Waals surface area contributed by atoms with E-state index in [4.69, 9.17) is 5.73 Å². The molecular formula is C24H30ClN3O7. The van der Waals surface area contributed by atoms with Gasteiger partial charge >= 0.3 is 0 Å². The predicted molar refractivity (Wildman–Crippen MR) is 130 cm³/mol. The average molecular weight is 508 g/mol. The Balaban J connectivity index is 0.00000342. The summed E-state index contributed by atoms with van der Waals surface area (Å²) in [6.45, 7) is 2.60. The number of carbonyl (C=O) groups is 3. The van der Waals surface area contributed by atoms with E-state index in [9.17, 15) is 34.8 Å². The van der Waals surface area contributed by atoms with Crippen LogP contribution in [0.25, 0.3) is 0 Å². The lowest BCUT2D eigenvalue weighted by Gasteiger charge is -2.50. The number of aliphatic hydroxyl groups excluding tert-OH is 2. The second-order valence-electron chi connectivity index (χ2n) is 9.43. The van der Waals surface area contributed by atoms with Crippen LogP contribution in [-0.4, -0.2) is 82.1 Å². The largest absolute Gasteiger partial charge is 0.510 e. The molecule has 3 aliphatic rings. The van der Waals surface area contributed by atoms with Gasteiger partial charge in [-0.2, -0.15) is 0 Å². The number of hydrogen-bond acceptors (Lipinski definition) is 9. The van der Waals surface area contributed by atoms with Gasteiger partial charge in [-0.15, -0.1) is 12.4 Å². The first-order valence-electron chi connectivity index (χ1n) is 11.1. The summed E-state index contributed by atoms with van der Waals surface area (Å²) in [6, 6.07) is 2.11. The normalized spacial score (nSPS) is 27.8. The zero-order valence-electron chi connectivity index (χ0n) is 19.9. The Hall–Kier alpha value is -3.08. The highest BCUT2D eigenvalue weighted by molar-refractivity contribution is 6.24. The molecule has 11 heteroatoms. The van der Waals surface area contributed by atoms with Gasteiger partial charge in [0.15, 0.2) is 11.4 Å². The summed E-state index contributed by atoms with van der Waals surface area (Å²) in [5, 5.41) is 44.1. The van der Waals surface area contributed by atoms with Crippen molar-refractivity contribution in [3.63, 3.8) is 0 Å². The van der Waals surface area contributed by atoms with Gasteiger partial charge in [-0.25, -0.2) is 0 Å². The summed E-state index contributed by atoms with van der Waals surface area (Å²) in [5.41, 5.74) is 3.10. The molecule has 0 fully saturated rings. The maximum Gasteiger partial charge on any atom is 0.255 e. The molecule has 10 nitrogen and oxygen atoms in total. The number of phenols is 1. The van der Waals surface area contributed by atoms with E-state index < -0.39 is 58.0 Å². The Kier molecular flexibility index (Phi) is 6.71. The van der Waals surface area contributed by atoms with Crippen molar-refractivity contribution in [2.45, 2.75) is 31.4 Å². The van der Waals surface area contributed by atoms with Crippen molar-refractivity contribution >= 4 is 35.6 Å². The lowest BCUT2D eigenvalue weighted by molar-refractivity contribution is -0.148. The van der Waals surface area contributed by atoms with Gasteiger partial charge < -0.3 is 31.1 Å². The van der Waals surface area contributed by atoms with E-state index in [1.54, 1.807) is 20.2 Å². The van der Waals surface area contributed by atoms with Gasteiger partial charge in [-0.1, -0.05) is 0 Å². The van der Waals surface area contributed by atoms with Gasteiger partial charge in [0.05, 0.1) is 11.6 Å². The number of benzene rings is 1. The Bertz CT molecular complexity index is 1190. The van der Waals surface area contributed by atoms with E-state index >= 15 is 0 Å². The van der Waals surface area contributed by atoms with Crippen molar-refractivity contribution in [3.05, 3.63) is 45.9 Å². The molecule has 1 aromatic carbocycles. The summed E-state index contributed by atoms with van der Waals surface area (Å²) in [6.07, 6.45) is 0.333. The maximum atomic E-state index is 13.6. The Labute approximate surface area is 208 Å². The molecular weight excluding hydrogens is 478 g/mol. The van der Waals surface area contributed by atoms with Gasteiger partial charge in [0.2, 0.25) is 5.78 Å². The Morgan fingerprint density at radius 3 is 2.34 bits per heavy atom. The third-order valence-electron chi connectivity index (χ3n) is 7.47. The van der Waals surface area contributed by atoms with Crippen molar-refractivity contribution < 1.29 is 34.8 Å². The molecule has 190 valence electrons. The first kappa shape index (κ1) is 26.5. The monoisotopic (exact) mass is 507 g/mol. The van der Waals surface area contributed by atoms with Crippen molar-refractivity contribution in [1.29, 1.82) is 0 Å². The highest BCUT2D eigenvalue weighted by Gasteiger charge is 2.63. The van der Waals surface area contributed by atoms with Crippen molar-refractivity contribution in [1.82, 2.24) is 4.90 Å². The van der Waals surface area contributed by atoms with Gasteiger partial charge in [0, 0.05) is 30.8 Å². The third kappa shape index (κ3) is 3.50. The molecule has 0 aliphatic heterocycles. The van der Waals surface area contributed by atoms with Gasteiger partial charge in [0.1, 0.15) is 22.8 Å². The highest BCUT2D eigenvalue weighted by Crippen LogP contribution is 2.53. The number of amides is 1. The smallest absolute Gasteiger partial charge is 0.255 e. The standard InChI is InChI=1S/C24H29N3O7.ClH/c1-5-27(4)13-6-7-14(28)16-11(13)8-10-9-12-18(26(2)3)20(30)17(23(25)33)22(32)24(12,34)21(31)15(10)19(16)29;/h6-7,10,12,18,28,30-31,34H,5,8-9H2,1-4H3,(H2,25,33);1H/t10?,12?,18-,24-;/m0./s1. The van der Waals surface area contributed by atoms with Crippen LogP contribution in [-0.2, 0) is 16.0 Å². The van der Waals surface area contributed by atoms with Crippen molar-refractivity contribution in [2.75, 3.05) is 32.6 Å². The zero-order chi connectivity index (χ0) is 25.3. The maximum absolute atomic E-state index is 13.6. The molecule has 0 spiro atoms. The number of primary amides is 1. The van der Waals surface area contributed by atoms with Crippen molar-refractivity contribution in [3.8, 4) is 5.75 Å². The van der Waals surface area contributed by atoms with Gasteiger partial charge in [-0.05, 0) is 57.5 Å². The highest BCUT2D eigenvalue weighted by atomic mass is 35.5. The minimum Gasteiger partial charge on any atom is -0.510 e. The molecule has 0 saturated heterocycles. The molecule has 0 bridgehead atoms. The van der Waals surface area contributed by atoms with Crippen LogP contribution in [0.5, 0.6) is 5.75 Å². The minimum absolute atomic E-state index is 0. The summed E-state index contributed by atoms with van der Waals surface area (Å²) in [7, 11) is 5.05. The van der Waals surface area contributed by atoms with Crippen LogP contribution in [0.1, 0.15) is 29.3 Å². The number of halogens is 1. The van der Waals surface area contributed by atoms with Crippen LogP contribution in [0.2, 0.25) is 0 Å². The minimum atomic E-state index is -2.63. The molecule has 2 unspecified atom stereocenters. The van der Waals surface area contributed by atoms with E-state index in [1.165, 1.54) is 11.0 Å². The van der Waals surface area contributed by atoms with Crippen LogP contribution in [0.3, 0.4) is 0 Å². The Morgan fingerprint density at radius 1 is 1.17 bits per heavy atom. The van der Waals surface area contributed by atoms with E-state index in [-0.39, 0.29) is 42.1 Å². The number of likely N-dealkylation sites (N-methyl/N-ethyl adjacent to an activating group) is 1. The zero-order valence-corrected chi connectivity index (χ0v) is 20.7. The summed E-state index contributed by atoms with van der Waals surface area (Å²) in [5.74, 6) is -6.51. The molecule has 4 rings (SSSR count). The van der Waals surface area contributed by atoms with Crippen LogP contribution in [0, 0.1) is 11.8 Å². The average Bonchev–Trinajstić information content (AvgIpc) is 2.75. The third-order valence-corrected chi connectivity index (χ3v) is 7.47. The number of carbonyl (C=O) groups excluding carboxylic acids is 3. The molecule has 35 heavy (non-hydrogen) atoms. The lowest BCUT2D eigenvalue weighted by atomic mass is 9.58. The number of hydrogen-bond donors (Lipinski definition) is 5. The summed E-state index contributed by atoms with van der Waals surface area (Å²) in [4.78, 5) is 42.3. The number of ketones is 2. The van der Waals surface area contributed by atoms with Gasteiger partial charge in [0.25, 0.3) is 5.91 Å². The van der Waals surface area contributed by atoms with Crippen LogP contribution in [0.15, 0.2) is 34.8 Å². The number of allylic oxidation sites excluding steroid dienone is 1. The van der Waals surface area contributed by atoms with E-state index in [2.05, 4.69) is 0 Å². The van der Waals surface area contributed by atoms with Crippen molar-refractivity contribution in [2.24, 2.45) is 17.6 Å². The first-order chi connectivity index (χ1) is 15.9. The molecule has 1 aromatic rings. The molecule has 0 saturated carbocycles. The molecule has 0 radical (unpaired) electrons. The van der Waals surface area contributed by atoms with Crippen LogP contribution < -0.4 is 10.6 Å². The Morgan fingerprint density at radius 2 is 1.80 bits per heavy atom. The topological polar surface area (TPSA) is 165 Å². The fraction of sp³-hybridized carbons (Fsp3) is 0.458. The number of anilines is 1. The second kappa shape index (κ2) is 8.85. The fourth-order valence-corrected chi connectivity index (χ4v) is 5.76. The molecule has 6 N–H and O–H groups in total. The number of fused-ring (bicyclic) bond motifs is 3. The lowest BCUT2D eigenvalue weighted by Crippen LogP contribution is -2.63. The number of phenolic OH excluding ortho intramolecular Hbond substituents is 1. The van der Waals surface area contributed by atoms with Crippen LogP contribution in [0.4, 0.5) is 5.69 Å². The number of aliphatic hydroxyl groups is 3. The summed E-state index contributed by atoms with van der Waals surface area (Å²) < 4.78 is 0. The number of aromatic hydroxyl groups is 1. The molecule has 4 atom stereocenters. The molecule has 1 amide bonds. The number of nitrogens with zero attached hydrogens (tertiary/aromatic N) is 2. The van der Waals surface area contributed by atoms with E-state index in [0.717, 1.165) is 5.69 Å². The SMILES string of the molecule is CCN(C)c1ccc(O)c2c1CC1CC3[C@H](N(C)C)C(O)=C(C(N)=O)C(=O)[C@@]3(O)C(O)=C1C2=O.Cl.